The Kier molecular flexibility index (Phi) is 5.16. The smallest absolute Gasteiger partial charge is 0.353 e. The van der Waals surface area contributed by atoms with Crippen LogP contribution in [-0.4, -0.2) is 30.1 Å². The van der Waals surface area contributed by atoms with Gasteiger partial charge >= 0.3 is 12.0 Å². The lowest BCUT2D eigenvalue weighted by Crippen LogP contribution is -2.28. The Labute approximate surface area is 168 Å². The molecule has 3 N–H and O–H groups in total. The summed E-state index contributed by atoms with van der Waals surface area (Å²) in [6.07, 6.45) is 0. The van der Waals surface area contributed by atoms with Gasteiger partial charge in [0.25, 0.3) is 10.0 Å². The molecule has 0 bridgehead atoms. The van der Waals surface area contributed by atoms with Gasteiger partial charge in [0.15, 0.2) is 0 Å². The Bertz CT molecular complexity index is 1300. The molecule has 1 amide bonds. The SMILES string of the molecule is NC(=O)n1c(C(=O)O)cc(=NS(=O)(=O)c2ccccc2)c2c(Cl)cc(Cl)cc21. The highest BCUT2D eigenvalue weighted by Gasteiger charge is 2.21. The van der Waals surface area contributed by atoms with Crippen LogP contribution in [0.3, 0.4) is 0 Å². The standard InChI is InChI=1S/C17H11Cl2N3O5S/c18-9-6-11(19)15-12(21-28(26,27)10-4-2-1-3-5-10)8-14(16(23)24)22(17(20)25)13(15)7-9/h1-8H,(H2,20,25)(H,23,24). The summed E-state index contributed by atoms with van der Waals surface area (Å²) in [5, 5.41) is 9.27. The van der Waals surface area contributed by atoms with Crippen molar-refractivity contribution in [3.8, 4) is 0 Å². The molecule has 0 unspecified atom stereocenters. The molecule has 2 aromatic carbocycles. The van der Waals surface area contributed by atoms with Crippen LogP contribution < -0.4 is 11.1 Å². The number of primary amides is 1. The quantitative estimate of drug-likeness (QED) is 0.647. The van der Waals surface area contributed by atoms with E-state index in [1.807, 2.05) is 0 Å². The molecule has 0 saturated carbocycles. The van der Waals surface area contributed by atoms with Crippen molar-refractivity contribution >= 4 is 56.1 Å². The van der Waals surface area contributed by atoms with Crippen molar-refractivity contribution in [2.24, 2.45) is 10.1 Å². The minimum Gasteiger partial charge on any atom is -0.477 e. The fraction of sp³-hybridized carbons (Fsp3) is 0. The number of sulfonamides is 1. The number of fused-ring (bicyclic) bond motifs is 1. The zero-order chi connectivity index (χ0) is 20.6. The number of benzene rings is 2. The molecule has 11 heteroatoms. The Hall–Kier alpha value is -2.88. The molecule has 0 aliphatic carbocycles. The average molecular weight is 440 g/mol. The van der Waals surface area contributed by atoms with Gasteiger partial charge in [0, 0.05) is 10.4 Å². The van der Waals surface area contributed by atoms with Crippen molar-refractivity contribution < 1.29 is 23.1 Å². The molecule has 3 aromatic rings. The molecular weight excluding hydrogens is 429 g/mol. The average Bonchev–Trinajstić information content (AvgIpc) is 2.60. The predicted octanol–water partition coefficient (Wildman–Crippen LogP) is 2.86. The first-order chi connectivity index (χ1) is 13.1. The maximum atomic E-state index is 12.6. The van der Waals surface area contributed by atoms with E-state index in [-0.39, 0.29) is 31.2 Å². The second-order valence-corrected chi connectivity index (χ2v) is 8.00. The Morgan fingerprint density at radius 2 is 1.71 bits per heavy atom. The lowest BCUT2D eigenvalue weighted by molar-refractivity contribution is 0.0686. The first-order valence-corrected chi connectivity index (χ1v) is 9.75. The number of carbonyl (C=O) groups excluding carboxylic acids is 1. The van der Waals surface area contributed by atoms with E-state index in [9.17, 15) is 23.1 Å². The zero-order valence-corrected chi connectivity index (χ0v) is 16.2. The van der Waals surface area contributed by atoms with Crippen LogP contribution in [0.2, 0.25) is 10.0 Å². The van der Waals surface area contributed by atoms with Crippen molar-refractivity contribution in [1.29, 1.82) is 0 Å². The molecular formula is C17H11Cl2N3O5S. The minimum absolute atomic E-state index is 0.00868. The van der Waals surface area contributed by atoms with E-state index in [2.05, 4.69) is 4.40 Å². The predicted molar refractivity (Wildman–Crippen MR) is 103 cm³/mol. The van der Waals surface area contributed by atoms with Gasteiger partial charge in [-0.15, -0.1) is 0 Å². The number of carboxylic acids is 1. The van der Waals surface area contributed by atoms with Gasteiger partial charge in [-0.05, 0) is 30.3 Å². The fourth-order valence-electron chi connectivity index (χ4n) is 2.63. The van der Waals surface area contributed by atoms with Crippen LogP contribution in [0.25, 0.3) is 10.9 Å². The molecule has 0 saturated heterocycles. The molecule has 0 atom stereocenters. The Balaban J connectivity index is 2.53. The number of nitrogens with zero attached hydrogens (tertiary/aromatic N) is 2. The van der Waals surface area contributed by atoms with Crippen LogP contribution in [0.5, 0.6) is 0 Å². The van der Waals surface area contributed by atoms with Crippen LogP contribution >= 0.6 is 23.2 Å². The first-order valence-electron chi connectivity index (χ1n) is 7.56. The van der Waals surface area contributed by atoms with Crippen LogP contribution in [0.4, 0.5) is 4.79 Å². The van der Waals surface area contributed by atoms with Gasteiger partial charge in [-0.25, -0.2) is 9.59 Å². The summed E-state index contributed by atoms with van der Waals surface area (Å²) in [7, 11) is -4.19. The molecule has 0 aliphatic heterocycles. The topological polar surface area (TPSA) is 132 Å². The number of amides is 1. The van der Waals surface area contributed by atoms with E-state index < -0.39 is 27.7 Å². The van der Waals surface area contributed by atoms with Crippen molar-refractivity contribution in [1.82, 2.24) is 4.57 Å². The molecule has 144 valence electrons. The van der Waals surface area contributed by atoms with Gasteiger partial charge in [0.05, 0.1) is 20.8 Å². The Morgan fingerprint density at radius 1 is 1.07 bits per heavy atom. The van der Waals surface area contributed by atoms with Gasteiger partial charge < -0.3 is 10.8 Å². The molecule has 8 nitrogen and oxygen atoms in total. The van der Waals surface area contributed by atoms with Crippen molar-refractivity contribution in [2.45, 2.75) is 4.90 Å². The number of hydrogen-bond donors (Lipinski definition) is 2. The third kappa shape index (κ3) is 3.59. The number of pyridine rings is 1. The summed E-state index contributed by atoms with van der Waals surface area (Å²) in [5.74, 6) is -1.52. The molecule has 0 radical (unpaired) electrons. The lowest BCUT2D eigenvalue weighted by Gasteiger charge is -2.13. The van der Waals surface area contributed by atoms with E-state index in [0.29, 0.717) is 4.57 Å². The van der Waals surface area contributed by atoms with E-state index in [1.165, 1.54) is 36.4 Å². The summed E-state index contributed by atoms with van der Waals surface area (Å²) in [6.45, 7) is 0. The van der Waals surface area contributed by atoms with Crippen LogP contribution in [-0.2, 0) is 10.0 Å². The zero-order valence-electron chi connectivity index (χ0n) is 13.8. The number of nitrogens with two attached hydrogens (primary N) is 1. The molecule has 3 rings (SSSR count). The summed E-state index contributed by atoms with van der Waals surface area (Å²) < 4.78 is 29.7. The molecule has 28 heavy (non-hydrogen) atoms. The van der Waals surface area contributed by atoms with Gasteiger partial charge in [-0.1, -0.05) is 41.4 Å². The van der Waals surface area contributed by atoms with E-state index >= 15 is 0 Å². The molecule has 0 spiro atoms. The van der Waals surface area contributed by atoms with Crippen molar-refractivity contribution in [3.05, 3.63) is 69.6 Å². The van der Waals surface area contributed by atoms with E-state index in [0.717, 1.165) is 6.07 Å². The maximum Gasteiger partial charge on any atom is 0.353 e. The number of carbonyl (C=O) groups is 2. The normalized spacial score (nSPS) is 12.3. The number of rotatable bonds is 3. The van der Waals surface area contributed by atoms with E-state index in [4.69, 9.17) is 28.9 Å². The van der Waals surface area contributed by atoms with Gasteiger partial charge in [0.1, 0.15) is 5.69 Å². The lowest BCUT2D eigenvalue weighted by atomic mass is 10.1. The van der Waals surface area contributed by atoms with E-state index in [1.54, 1.807) is 6.07 Å². The second-order valence-electron chi connectivity index (χ2n) is 5.55. The highest BCUT2D eigenvalue weighted by molar-refractivity contribution is 7.90. The molecule has 0 aliphatic rings. The van der Waals surface area contributed by atoms with Crippen molar-refractivity contribution in [2.75, 3.05) is 0 Å². The Morgan fingerprint density at radius 3 is 2.29 bits per heavy atom. The summed E-state index contributed by atoms with van der Waals surface area (Å²) in [6, 6.07) is 9.69. The molecule has 1 aromatic heterocycles. The van der Waals surface area contributed by atoms with Gasteiger partial charge in [-0.2, -0.15) is 12.8 Å². The number of hydrogen-bond acceptors (Lipinski definition) is 4. The third-order valence-corrected chi connectivity index (χ3v) is 5.57. The van der Waals surface area contributed by atoms with Crippen LogP contribution in [0.1, 0.15) is 10.5 Å². The summed E-state index contributed by atoms with van der Waals surface area (Å²) in [4.78, 5) is 23.4. The summed E-state index contributed by atoms with van der Waals surface area (Å²) in [5.41, 5.74) is 4.62. The van der Waals surface area contributed by atoms with Crippen molar-refractivity contribution in [3.63, 3.8) is 0 Å². The minimum atomic E-state index is -4.19. The second kappa shape index (κ2) is 7.27. The van der Waals surface area contributed by atoms with Gasteiger partial charge in [-0.3, -0.25) is 4.57 Å². The van der Waals surface area contributed by atoms with Gasteiger partial charge in [0.2, 0.25) is 0 Å². The summed E-state index contributed by atoms with van der Waals surface area (Å²) >= 11 is 12.2. The maximum absolute atomic E-state index is 12.6. The van der Waals surface area contributed by atoms with Crippen LogP contribution in [0.15, 0.2) is 57.8 Å². The first kappa shape index (κ1) is 19.9. The number of carboxylic acid groups (broad SMARTS) is 1. The molecule has 1 heterocycles. The highest BCUT2D eigenvalue weighted by Crippen LogP contribution is 2.27. The third-order valence-electron chi connectivity index (χ3n) is 3.74. The molecule has 0 fully saturated rings. The fourth-order valence-corrected chi connectivity index (χ4v) is 4.22. The number of aromatic nitrogens is 1. The van der Waals surface area contributed by atoms with Crippen LogP contribution in [0, 0.1) is 0 Å². The highest BCUT2D eigenvalue weighted by atomic mass is 35.5. The number of aromatic carboxylic acids is 1. The number of halogens is 2. The monoisotopic (exact) mass is 439 g/mol. The largest absolute Gasteiger partial charge is 0.477 e.